The van der Waals surface area contributed by atoms with E-state index >= 15 is 0 Å². The monoisotopic (exact) mass is 1070 g/mol. The summed E-state index contributed by atoms with van der Waals surface area (Å²) in [5.41, 5.74) is -0.0214. The molecular formula is C44H64N10O14P2Si2. The number of hydrogen-bond acceptors (Lipinski definition) is 18. The second kappa shape index (κ2) is 19.7. The maximum atomic E-state index is 14.9. The number of amides is 2. The highest BCUT2D eigenvalue weighted by atomic mass is 31.2. The Labute approximate surface area is 418 Å². The number of nitrogens with zero attached hydrogens (tertiary/aromatic N) is 7. The number of ether oxygens (including phenoxy) is 2. The molecule has 3 aliphatic rings. The number of rotatable bonds is 10. The van der Waals surface area contributed by atoms with Crippen LogP contribution in [0.1, 0.15) is 78.2 Å². The van der Waals surface area contributed by atoms with Gasteiger partial charge in [0, 0.05) is 18.1 Å². The highest BCUT2D eigenvalue weighted by Crippen LogP contribution is 2.56. The second-order valence-electron chi connectivity index (χ2n) is 21.5. The Morgan fingerprint density at radius 3 is 2.03 bits per heavy atom. The minimum Gasteiger partial charge on any atom is -0.408 e. The summed E-state index contributed by atoms with van der Waals surface area (Å²) in [5, 5.41) is 4.61. The largest absolute Gasteiger partial charge is 0.472 e. The third kappa shape index (κ3) is 11.0. The number of benzene rings is 1. The van der Waals surface area contributed by atoms with Gasteiger partial charge in [0.25, 0.3) is 11.5 Å². The summed E-state index contributed by atoms with van der Waals surface area (Å²) < 4.78 is 84.6. The van der Waals surface area contributed by atoms with Crippen molar-refractivity contribution < 1.29 is 60.0 Å². The lowest BCUT2D eigenvalue weighted by Crippen LogP contribution is -2.50. The predicted octanol–water partition coefficient (Wildman–Crippen LogP) is 7.12. The molecule has 5 aromatic rings. The molecule has 0 spiro atoms. The van der Waals surface area contributed by atoms with E-state index in [9.17, 15) is 28.4 Å². The molecule has 2 amide bonds. The molecule has 10 atom stereocenters. The minimum atomic E-state index is -5.19. The summed E-state index contributed by atoms with van der Waals surface area (Å²) in [7, 11) is -15.0. The molecule has 0 radical (unpaired) electrons. The van der Waals surface area contributed by atoms with Crippen LogP contribution in [0.3, 0.4) is 0 Å². The predicted molar refractivity (Wildman–Crippen MR) is 268 cm³/mol. The molecule has 3 saturated heterocycles. The zero-order valence-corrected chi connectivity index (χ0v) is 46.3. The number of aromatic nitrogens is 8. The lowest BCUT2D eigenvalue weighted by Gasteiger charge is -2.41. The lowest BCUT2D eigenvalue weighted by atomic mass is 10.1. The first-order valence-corrected chi connectivity index (χ1v) is 32.8. The van der Waals surface area contributed by atoms with E-state index in [0.717, 1.165) is 0 Å². The van der Waals surface area contributed by atoms with Crippen LogP contribution in [-0.2, 0) is 50.3 Å². The first-order valence-electron chi connectivity index (χ1n) is 23.5. The molecule has 24 nitrogen and oxygen atoms in total. The first-order chi connectivity index (χ1) is 33.5. The average molecular weight is 1080 g/mol. The smallest absolute Gasteiger partial charge is 0.408 e. The molecule has 1 aromatic carbocycles. The molecule has 72 heavy (non-hydrogen) atoms. The molecule has 4 N–H and O–H groups in total. The van der Waals surface area contributed by atoms with Gasteiger partial charge >= 0.3 is 15.4 Å². The maximum Gasteiger partial charge on any atom is 0.472 e. The highest BCUT2D eigenvalue weighted by Gasteiger charge is 2.58. The van der Waals surface area contributed by atoms with Crippen molar-refractivity contribution in [2.24, 2.45) is 5.92 Å². The van der Waals surface area contributed by atoms with E-state index in [4.69, 9.17) is 36.4 Å². The number of nitrogens with one attached hydrogen (secondary N) is 3. The molecule has 392 valence electrons. The number of phosphoric ester groups is 1. The van der Waals surface area contributed by atoms with Crippen LogP contribution in [0.25, 0.3) is 22.3 Å². The van der Waals surface area contributed by atoms with Crippen molar-refractivity contribution >= 4 is 78.0 Å². The summed E-state index contributed by atoms with van der Waals surface area (Å²) >= 11 is 0. The SMILES string of the molecule is CC(C)C(=O)Nc1nc2c(ncn2[C@@H]2O[C@@H]3COP(=O)(O)OC4[C@@H](O[Si](C)(C)C(C)(C)C)[C@@H](COP(C)(=O)OC3[C@@H]2O[Si](C)(C)C(C)(C)C)O[C@H]4n2cnc3c(NC(=O)c4ccccc4)ncnc32)c(=O)[nH]1. The van der Waals surface area contributed by atoms with Crippen LogP contribution in [0.4, 0.5) is 11.8 Å². The summed E-state index contributed by atoms with van der Waals surface area (Å²) in [5.74, 6) is -1.34. The number of H-pyrrole nitrogens is 1. The number of hydrogen-bond donors (Lipinski definition) is 4. The van der Waals surface area contributed by atoms with Gasteiger partial charge < -0.3 is 33.1 Å². The third-order valence-corrected chi connectivity index (χ3v) is 25.0. The summed E-state index contributed by atoms with van der Waals surface area (Å²) in [6.45, 7) is 23.6. The number of carbonyl (C=O) groups excluding carboxylic acids is 2. The highest BCUT2D eigenvalue weighted by molar-refractivity contribution is 7.53. The normalized spacial score (nSPS) is 28.9. The first kappa shape index (κ1) is 53.9. The zero-order valence-electron chi connectivity index (χ0n) is 42.5. The van der Waals surface area contributed by atoms with E-state index in [0.29, 0.717) is 5.56 Å². The molecule has 3 fully saturated rings. The Morgan fingerprint density at radius 1 is 0.792 bits per heavy atom. The Hall–Kier alpha value is -4.41. The van der Waals surface area contributed by atoms with Crippen molar-refractivity contribution in [1.82, 2.24) is 39.0 Å². The molecule has 4 unspecified atom stereocenters. The second-order valence-corrected chi connectivity index (χ2v) is 34.5. The van der Waals surface area contributed by atoms with Gasteiger partial charge in [-0.3, -0.25) is 52.0 Å². The fraction of sp³-hybridized carbons (Fsp3) is 0.591. The van der Waals surface area contributed by atoms with Crippen LogP contribution < -0.4 is 16.2 Å². The van der Waals surface area contributed by atoms with E-state index in [1.54, 1.807) is 44.2 Å². The Balaban J connectivity index is 1.19. The number of fused-ring (bicyclic) bond motifs is 5. The molecule has 3 aliphatic heterocycles. The van der Waals surface area contributed by atoms with Gasteiger partial charge in [-0.1, -0.05) is 73.6 Å². The molecule has 28 heteroatoms. The molecule has 0 saturated carbocycles. The van der Waals surface area contributed by atoms with Gasteiger partial charge in [0.05, 0.1) is 25.9 Å². The minimum absolute atomic E-state index is 0.00369. The topological polar surface area (TPSA) is 294 Å². The van der Waals surface area contributed by atoms with Gasteiger partial charge in [-0.15, -0.1) is 0 Å². The summed E-state index contributed by atoms with van der Waals surface area (Å²) in [6, 6.07) is 8.53. The summed E-state index contributed by atoms with van der Waals surface area (Å²) in [4.78, 5) is 75.8. The average Bonchev–Trinajstić information content (AvgIpc) is 4.05. The molecule has 7 heterocycles. The van der Waals surface area contributed by atoms with Gasteiger partial charge in [-0.25, -0.2) is 24.5 Å². The van der Waals surface area contributed by atoms with Gasteiger partial charge in [-0.2, -0.15) is 4.98 Å². The maximum absolute atomic E-state index is 14.9. The van der Waals surface area contributed by atoms with Crippen LogP contribution in [0, 0.1) is 5.92 Å². The Kier molecular flexibility index (Phi) is 14.7. The van der Waals surface area contributed by atoms with Crippen molar-refractivity contribution in [3.05, 3.63) is 65.2 Å². The van der Waals surface area contributed by atoms with E-state index in [2.05, 4.69) is 40.5 Å². The van der Waals surface area contributed by atoms with Crippen molar-refractivity contribution in [2.45, 2.75) is 141 Å². The fourth-order valence-corrected chi connectivity index (χ4v) is 12.5. The molecular weight excluding hydrogens is 1010 g/mol. The van der Waals surface area contributed by atoms with E-state index < -0.39 is 123 Å². The van der Waals surface area contributed by atoms with E-state index in [-0.39, 0.29) is 39.1 Å². The van der Waals surface area contributed by atoms with E-state index in [1.165, 1.54) is 34.8 Å². The summed E-state index contributed by atoms with van der Waals surface area (Å²) in [6.07, 6.45) is -6.13. The number of phosphoric acid groups is 1. The standard InChI is InChI=1S/C44H64N10O14P2Si2/c1-24(2)37(55)51-42-50-36-29(39(57)52-42)48-23-54(36)41-33(68-72(12,13)44(6,7)8)30-26(63-41)20-62-70(59,60)66-32-31(67-71(10,11)43(3,4)5)27(19-61-69(9,58)65-30)64-40(32)53-22-47-28-34(45-21-46-35(28)53)49-38(56)25-17-15-14-16-18-25/h14-18,21-24,26-27,30-33,40-41H,19-20H2,1-13H3,(H,59,60)(H,45,46,49,56)(H2,50,51,52,55,57)/t26-,27-,30?,31+,32?,33+,40-,41-,69?/m1/s1. The number of imidazole rings is 2. The zero-order chi connectivity index (χ0) is 52.5. The number of aromatic amines is 1. The van der Waals surface area contributed by atoms with Crippen LogP contribution >= 0.6 is 15.4 Å². The molecule has 4 aromatic heterocycles. The quantitative estimate of drug-likeness (QED) is 0.0799. The van der Waals surface area contributed by atoms with Gasteiger partial charge in [-0.05, 0) is 48.4 Å². The van der Waals surface area contributed by atoms with Crippen molar-refractivity contribution in [3.8, 4) is 0 Å². The lowest BCUT2D eigenvalue weighted by molar-refractivity contribution is -0.118. The van der Waals surface area contributed by atoms with Crippen LogP contribution in [0.5, 0.6) is 0 Å². The Bertz CT molecular complexity index is 3000. The Morgan fingerprint density at radius 2 is 1.39 bits per heavy atom. The molecule has 0 aliphatic carbocycles. The van der Waals surface area contributed by atoms with Gasteiger partial charge in [0.2, 0.25) is 11.9 Å². The fourth-order valence-electron chi connectivity index (χ4n) is 7.82. The van der Waals surface area contributed by atoms with E-state index in [1.807, 2.05) is 67.7 Å². The number of anilines is 2. The van der Waals surface area contributed by atoms with Crippen molar-refractivity contribution in [2.75, 3.05) is 30.5 Å². The number of carbonyl (C=O) groups is 2. The van der Waals surface area contributed by atoms with Crippen LogP contribution in [-0.4, -0.2) is 129 Å². The molecule has 2 bridgehead atoms. The van der Waals surface area contributed by atoms with Crippen LogP contribution in [0.15, 0.2) is 54.1 Å². The van der Waals surface area contributed by atoms with Crippen LogP contribution in [0.2, 0.25) is 36.3 Å². The van der Waals surface area contributed by atoms with Crippen molar-refractivity contribution in [3.63, 3.8) is 0 Å². The van der Waals surface area contributed by atoms with Gasteiger partial charge in [0.15, 0.2) is 57.2 Å². The van der Waals surface area contributed by atoms with Gasteiger partial charge in [0.1, 0.15) is 43.0 Å². The molecule has 8 rings (SSSR count). The third-order valence-electron chi connectivity index (χ3n) is 13.9. The van der Waals surface area contributed by atoms with Crippen molar-refractivity contribution in [1.29, 1.82) is 0 Å².